The fourth-order valence-electron chi connectivity index (χ4n) is 0.535. The van der Waals surface area contributed by atoms with Crippen LogP contribution in [0.2, 0.25) is 0 Å². The van der Waals surface area contributed by atoms with Crippen LogP contribution >= 0.6 is 0 Å². The predicted octanol–water partition coefficient (Wildman–Crippen LogP) is 3.16. The van der Waals surface area contributed by atoms with E-state index in [9.17, 15) is 8.78 Å². The Morgan fingerprint density at radius 3 is 2.40 bits per heavy atom. The standard InChI is InChI=1S/C8H12F2/c1-6(2)4-8(10)7(3)5-9/h5,8H,1,4H2,2-3H3/b7-5+/t8-/m1/s1. The minimum absolute atomic E-state index is 0.128. The summed E-state index contributed by atoms with van der Waals surface area (Å²) in [5.41, 5.74) is 0.858. The molecule has 0 aliphatic rings. The maximum absolute atomic E-state index is 12.7. The van der Waals surface area contributed by atoms with Crippen molar-refractivity contribution >= 4 is 0 Å². The Labute approximate surface area is 60.2 Å². The van der Waals surface area contributed by atoms with Crippen molar-refractivity contribution in [1.82, 2.24) is 0 Å². The van der Waals surface area contributed by atoms with Gasteiger partial charge in [-0.1, -0.05) is 5.57 Å². The Balaban J connectivity index is 3.85. The van der Waals surface area contributed by atoms with Crippen LogP contribution in [0.5, 0.6) is 0 Å². The van der Waals surface area contributed by atoms with Crippen molar-refractivity contribution in [3.05, 3.63) is 24.1 Å². The van der Waals surface area contributed by atoms with Gasteiger partial charge in [-0.3, -0.25) is 0 Å². The molecule has 0 fully saturated rings. The van der Waals surface area contributed by atoms with E-state index in [4.69, 9.17) is 0 Å². The number of hydrogen-bond donors (Lipinski definition) is 0. The first-order chi connectivity index (χ1) is 4.57. The molecule has 0 spiro atoms. The molecule has 58 valence electrons. The van der Waals surface area contributed by atoms with Crippen LogP contribution in [0.25, 0.3) is 0 Å². The Morgan fingerprint density at radius 1 is 1.60 bits per heavy atom. The highest BCUT2D eigenvalue weighted by molar-refractivity contribution is 5.06. The maximum atomic E-state index is 12.7. The summed E-state index contributed by atoms with van der Waals surface area (Å²) in [5, 5.41) is 0. The van der Waals surface area contributed by atoms with Crippen LogP contribution in [0.1, 0.15) is 20.3 Å². The van der Waals surface area contributed by atoms with Crippen LogP contribution in [-0.2, 0) is 0 Å². The lowest BCUT2D eigenvalue weighted by molar-refractivity contribution is 0.374. The average Bonchev–Trinajstić information content (AvgIpc) is 1.85. The Hall–Kier alpha value is -0.660. The average molecular weight is 146 g/mol. The molecule has 0 heterocycles. The molecular formula is C8H12F2. The van der Waals surface area contributed by atoms with Gasteiger partial charge in [0.25, 0.3) is 0 Å². The molecule has 0 saturated carbocycles. The molecule has 0 nitrogen and oxygen atoms in total. The van der Waals surface area contributed by atoms with E-state index < -0.39 is 6.17 Å². The first-order valence-corrected chi connectivity index (χ1v) is 3.13. The third-order valence-electron chi connectivity index (χ3n) is 1.19. The topological polar surface area (TPSA) is 0 Å². The molecule has 0 aliphatic carbocycles. The van der Waals surface area contributed by atoms with Gasteiger partial charge in [0.1, 0.15) is 6.17 Å². The first kappa shape index (κ1) is 9.34. The largest absolute Gasteiger partial charge is 0.242 e. The van der Waals surface area contributed by atoms with Gasteiger partial charge in [-0.25, -0.2) is 8.78 Å². The molecule has 0 aromatic carbocycles. The molecule has 0 N–H and O–H groups in total. The molecule has 2 heteroatoms. The minimum atomic E-state index is -1.21. The normalized spacial score (nSPS) is 15.0. The molecule has 0 aliphatic heterocycles. The lowest BCUT2D eigenvalue weighted by Gasteiger charge is -2.05. The van der Waals surface area contributed by atoms with Crippen LogP contribution in [0.4, 0.5) is 8.78 Å². The Morgan fingerprint density at radius 2 is 2.10 bits per heavy atom. The fraction of sp³-hybridized carbons (Fsp3) is 0.500. The number of rotatable bonds is 3. The molecular weight excluding hydrogens is 134 g/mol. The maximum Gasteiger partial charge on any atom is 0.127 e. The zero-order valence-electron chi connectivity index (χ0n) is 6.32. The van der Waals surface area contributed by atoms with Gasteiger partial charge < -0.3 is 0 Å². The van der Waals surface area contributed by atoms with E-state index in [0.717, 1.165) is 5.57 Å². The summed E-state index contributed by atoms with van der Waals surface area (Å²) in [5.74, 6) is 0. The van der Waals surface area contributed by atoms with E-state index in [0.29, 0.717) is 6.33 Å². The van der Waals surface area contributed by atoms with Crippen LogP contribution in [0.3, 0.4) is 0 Å². The van der Waals surface area contributed by atoms with Crippen molar-refractivity contribution in [3.8, 4) is 0 Å². The molecule has 0 rings (SSSR count). The second kappa shape index (κ2) is 4.20. The molecule has 0 aromatic heterocycles. The van der Waals surface area contributed by atoms with Crippen LogP contribution in [0, 0.1) is 0 Å². The van der Waals surface area contributed by atoms with Gasteiger partial charge in [0.2, 0.25) is 0 Å². The van der Waals surface area contributed by atoms with Gasteiger partial charge >= 0.3 is 0 Å². The molecule has 1 atom stereocenters. The van der Waals surface area contributed by atoms with Crippen LogP contribution < -0.4 is 0 Å². The van der Waals surface area contributed by atoms with Gasteiger partial charge in [-0.2, -0.15) is 0 Å². The Bertz CT molecular complexity index is 147. The Kier molecular flexibility index (Phi) is 3.93. The number of allylic oxidation sites excluding steroid dienone is 2. The monoisotopic (exact) mass is 146 g/mol. The molecule has 0 amide bonds. The van der Waals surface area contributed by atoms with Gasteiger partial charge in [0.05, 0.1) is 6.33 Å². The third-order valence-corrected chi connectivity index (χ3v) is 1.19. The molecule has 0 aromatic rings. The van der Waals surface area contributed by atoms with Gasteiger partial charge in [-0.15, -0.1) is 6.58 Å². The summed E-state index contributed by atoms with van der Waals surface area (Å²) in [6.45, 7) is 6.67. The van der Waals surface area contributed by atoms with E-state index in [1.165, 1.54) is 6.92 Å². The van der Waals surface area contributed by atoms with Crippen molar-refractivity contribution in [3.63, 3.8) is 0 Å². The van der Waals surface area contributed by atoms with E-state index in [1.54, 1.807) is 6.92 Å². The minimum Gasteiger partial charge on any atom is -0.242 e. The zero-order valence-corrected chi connectivity index (χ0v) is 6.32. The van der Waals surface area contributed by atoms with E-state index in [2.05, 4.69) is 6.58 Å². The van der Waals surface area contributed by atoms with Crippen molar-refractivity contribution in [1.29, 1.82) is 0 Å². The summed E-state index contributed by atoms with van der Waals surface area (Å²) in [7, 11) is 0. The van der Waals surface area contributed by atoms with E-state index in [-0.39, 0.29) is 12.0 Å². The third kappa shape index (κ3) is 3.38. The number of alkyl halides is 1. The highest BCUT2D eigenvalue weighted by Crippen LogP contribution is 2.14. The van der Waals surface area contributed by atoms with E-state index in [1.807, 2.05) is 0 Å². The highest BCUT2D eigenvalue weighted by atomic mass is 19.1. The van der Waals surface area contributed by atoms with Crippen LogP contribution in [-0.4, -0.2) is 6.17 Å². The SMILES string of the molecule is C=C(C)C[C@@H](F)/C(C)=C/F. The molecule has 0 bridgehead atoms. The first-order valence-electron chi connectivity index (χ1n) is 3.13. The summed E-state index contributed by atoms with van der Waals surface area (Å²) in [4.78, 5) is 0. The quantitative estimate of drug-likeness (QED) is 0.536. The number of hydrogen-bond acceptors (Lipinski definition) is 0. The molecule has 10 heavy (non-hydrogen) atoms. The summed E-state index contributed by atoms with van der Waals surface area (Å²) in [6.07, 6.45) is -0.692. The van der Waals surface area contributed by atoms with Crippen molar-refractivity contribution in [2.24, 2.45) is 0 Å². The second-order valence-electron chi connectivity index (χ2n) is 2.48. The smallest absolute Gasteiger partial charge is 0.127 e. The highest BCUT2D eigenvalue weighted by Gasteiger charge is 2.07. The zero-order chi connectivity index (χ0) is 8.15. The molecule has 0 radical (unpaired) electrons. The van der Waals surface area contributed by atoms with Crippen molar-refractivity contribution in [2.75, 3.05) is 0 Å². The van der Waals surface area contributed by atoms with Gasteiger partial charge in [-0.05, 0) is 19.4 Å². The summed E-state index contributed by atoms with van der Waals surface area (Å²) in [6, 6.07) is 0. The number of halogens is 2. The predicted molar refractivity (Wildman–Crippen MR) is 39.2 cm³/mol. The van der Waals surface area contributed by atoms with Gasteiger partial charge in [0, 0.05) is 6.42 Å². The van der Waals surface area contributed by atoms with E-state index >= 15 is 0 Å². The second-order valence-corrected chi connectivity index (χ2v) is 2.48. The lowest BCUT2D eigenvalue weighted by atomic mass is 10.1. The summed E-state index contributed by atoms with van der Waals surface area (Å²) >= 11 is 0. The van der Waals surface area contributed by atoms with Gasteiger partial charge in [0.15, 0.2) is 0 Å². The lowest BCUT2D eigenvalue weighted by Crippen LogP contribution is -2.01. The van der Waals surface area contributed by atoms with Crippen molar-refractivity contribution in [2.45, 2.75) is 26.4 Å². The fourth-order valence-corrected chi connectivity index (χ4v) is 0.535. The van der Waals surface area contributed by atoms with Crippen LogP contribution in [0.15, 0.2) is 24.1 Å². The molecule has 0 saturated heterocycles. The van der Waals surface area contributed by atoms with Crippen molar-refractivity contribution < 1.29 is 8.78 Å². The molecule has 0 unspecified atom stereocenters. The summed E-state index contributed by atoms with van der Waals surface area (Å²) < 4.78 is 24.3.